The van der Waals surface area contributed by atoms with Crippen LogP contribution in [0.5, 0.6) is 0 Å². The van der Waals surface area contributed by atoms with Crippen molar-refractivity contribution in [3.63, 3.8) is 0 Å². The molecule has 1 aliphatic rings. The molecule has 0 saturated heterocycles. The van der Waals surface area contributed by atoms with Gasteiger partial charge < -0.3 is 10.0 Å². The van der Waals surface area contributed by atoms with Crippen LogP contribution >= 0.6 is 11.8 Å². The highest BCUT2D eigenvalue weighted by molar-refractivity contribution is 7.99. The minimum atomic E-state index is -0.818. The summed E-state index contributed by atoms with van der Waals surface area (Å²) in [5.41, 5.74) is 1.86. The lowest BCUT2D eigenvalue weighted by atomic mass is 9.98. The summed E-state index contributed by atoms with van der Waals surface area (Å²) < 4.78 is 0. The minimum Gasteiger partial charge on any atom is -0.481 e. The lowest BCUT2D eigenvalue weighted by molar-refractivity contribution is -0.137. The zero-order valence-electron chi connectivity index (χ0n) is 12.2. The highest BCUT2D eigenvalue weighted by Gasteiger charge is 2.32. The smallest absolute Gasteiger partial charge is 0.304 e. The molecular weight excluding hydrogens is 286 g/mol. The summed E-state index contributed by atoms with van der Waals surface area (Å²) in [7, 11) is 0. The fourth-order valence-electron chi connectivity index (χ4n) is 2.60. The molecule has 0 aromatic heterocycles. The van der Waals surface area contributed by atoms with Gasteiger partial charge in [-0.1, -0.05) is 31.5 Å². The van der Waals surface area contributed by atoms with E-state index in [1.807, 2.05) is 24.3 Å². The summed E-state index contributed by atoms with van der Waals surface area (Å²) in [5, 5.41) is 9.02. The number of para-hydroxylation sites is 1. The van der Waals surface area contributed by atoms with Crippen LogP contribution in [0.1, 0.15) is 37.7 Å². The summed E-state index contributed by atoms with van der Waals surface area (Å²) in [6, 6.07) is 7.64. The SMILES string of the molecule is CCCCSCC(=O)N1CC(CC(=O)O)c2ccccc21. The van der Waals surface area contributed by atoms with E-state index in [2.05, 4.69) is 6.92 Å². The van der Waals surface area contributed by atoms with Crippen molar-refractivity contribution in [2.24, 2.45) is 0 Å². The number of thioether (sulfide) groups is 1. The molecule has 1 N–H and O–H groups in total. The molecule has 2 rings (SSSR count). The molecule has 1 atom stereocenters. The highest BCUT2D eigenvalue weighted by Crippen LogP contribution is 2.38. The molecule has 0 bridgehead atoms. The monoisotopic (exact) mass is 307 g/mol. The first-order valence-electron chi connectivity index (χ1n) is 7.32. The second-order valence-corrected chi connectivity index (χ2v) is 6.37. The number of nitrogens with zero attached hydrogens (tertiary/aromatic N) is 1. The summed E-state index contributed by atoms with van der Waals surface area (Å²) >= 11 is 1.66. The van der Waals surface area contributed by atoms with Gasteiger partial charge in [0, 0.05) is 18.2 Å². The van der Waals surface area contributed by atoms with Gasteiger partial charge in [-0.3, -0.25) is 9.59 Å². The topological polar surface area (TPSA) is 57.6 Å². The molecule has 1 amide bonds. The van der Waals surface area contributed by atoms with E-state index in [1.165, 1.54) is 0 Å². The Kier molecular flexibility index (Phi) is 5.67. The van der Waals surface area contributed by atoms with E-state index in [0.717, 1.165) is 29.8 Å². The van der Waals surface area contributed by atoms with Gasteiger partial charge in [-0.15, -0.1) is 0 Å². The van der Waals surface area contributed by atoms with Crippen LogP contribution < -0.4 is 4.90 Å². The van der Waals surface area contributed by atoms with Gasteiger partial charge in [0.25, 0.3) is 0 Å². The Morgan fingerprint density at radius 1 is 1.38 bits per heavy atom. The van der Waals surface area contributed by atoms with E-state index < -0.39 is 5.97 Å². The normalized spacial score (nSPS) is 16.8. The standard InChI is InChI=1S/C16H21NO3S/c1-2-3-8-21-11-15(18)17-10-12(9-16(19)20)13-6-4-5-7-14(13)17/h4-7,12H,2-3,8-11H2,1H3,(H,19,20). The molecule has 0 spiro atoms. The van der Waals surface area contributed by atoms with Gasteiger partial charge in [-0.25, -0.2) is 0 Å². The number of benzene rings is 1. The Bertz CT molecular complexity index is 518. The first-order chi connectivity index (χ1) is 10.1. The number of amides is 1. The van der Waals surface area contributed by atoms with Gasteiger partial charge in [0.05, 0.1) is 12.2 Å². The van der Waals surface area contributed by atoms with Crippen LogP contribution in [-0.4, -0.2) is 35.0 Å². The van der Waals surface area contributed by atoms with E-state index in [4.69, 9.17) is 5.11 Å². The quantitative estimate of drug-likeness (QED) is 0.786. The van der Waals surface area contributed by atoms with Crippen LogP contribution in [0.15, 0.2) is 24.3 Å². The lowest BCUT2D eigenvalue weighted by Crippen LogP contribution is -2.31. The van der Waals surface area contributed by atoms with Gasteiger partial charge in [0.15, 0.2) is 0 Å². The lowest BCUT2D eigenvalue weighted by Gasteiger charge is -2.17. The molecule has 1 aromatic rings. The summed E-state index contributed by atoms with van der Waals surface area (Å²) in [4.78, 5) is 25.1. The first-order valence-corrected chi connectivity index (χ1v) is 8.47. The van der Waals surface area contributed by atoms with Gasteiger partial charge in [0.2, 0.25) is 5.91 Å². The Morgan fingerprint density at radius 2 is 2.14 bits per heavy atom. The number of carboxylic acid groups (broad SMARTS) is 1. The number of fused-ring (bicyclic) bond motifs is 1. The number of anilines is 1. The zero-order chi connectivity index (χ0) is 15.2. The number of rotatable bonds is 7. The first kappa shape index (κ1) is 15.9. The van der Waals surface area contributed by atoms with E-state index in [0.29, 0.717) is 12.3 Å². The molecule has 0 aliphatic carbocycles. The van der Waals surface area contributed by atoms with Gasteiger partial charge >= 0.3 is 5.97 Å². The molecule has 114 valence electrons. The largest absolute Gasteiger partial charge is 0.481 e. The number of aliphatic carboxylic acids is 1. The predicted octanol–water partition coefficient (Wildman–Crippen LogP) is 3.12. The Labute approximate surface area is 129 Å². The van der Waals surface area contributed by atoms with Crippen LogP contribution in [0.4, 0.5) is 5.69 Å². The number of unbranched alkanes of at least 4 members (excludes halogenated alkanes) is 1. The second-order valence-electron chi connectivity index (χ2n) is 5.26. The number of hydrogen-bond donors (Lipinski definition) is 1. The van der Waals surface area contributed by atoms with Crippen molar-refractivity contribution < 1.29 is 14.7 Å². The molecule has 0 radical (unpaired) electrons. The summed E-state index contributed by atoms with van der Waals surface area (Å²) in [6.07, 6.45) is 2.33. The second kappa shape index (κ2) is 7.50. The van der Waals surface area contributed by atoms with E-state index in [9.17, 15) is 9.59 Å². The number of carboxylic acids is 1. The van der Waals surface area contributed by atoms with Crippen molar-refractivity contribution in [2.75, 3.05) is 23.0 Å². The minimum absolute atomic E-state index is 0.0732. The molecule has 0 fully saturated rings. The van der Waals surface area contributed by atoms with Crippen LogP contribution in [0.3, 0.4) is 0 Å². The Balaban J connectivity index is 2.04. The third-order valence-electron chi connectivity index (χ3n) is 3.66. The van der Waals surface area contributed by atoms with Crippen LogP contribution in [0.25, 0.3) is 0 Å². The highest BCUT2D eigenvalue weighted by atomic mass is 32.2. The Morgan fingerprint density at radius 3 is 2.86 bits per heavy atom. The van der Waals surface area contributed by atoms with Crippen molar-refractivity contribution in [1.29, 1.82) is 0 Å². The average molecular weight is 307 g/mol. The van der Waals surface area contributed by atoms with Crippen molar-refractivity contribution >= 4 is 29.3 Å². The molecule has 1 heterocycles. The molecule has 21 heavy (non-hydrogen) atoms. The van der Waals surface area contributed by atoms with Gasteiger partial charge in [-0.05, 0) is 23.8 Å². The molecule has 1 aliphatic heterocycles. The molecular formula is C16H21NO3S. The summed E-state index contributed by atoms with van der Waals surface area (Å²) in [5.74, 6) is 0.630. The number of carbonyl (C=O) groups excluding carboxylic acids is 1. The van der Waals surface area contributed by atoms with Crippen LogP contribution in [0.2, 0.25) is 0 Å². The van der Waals surface area contributed by atoms with E-state index >= 15 is 0 Å². The number of carbonyl (C=O) groups is 2. The van der Waals surface area contributed by atoms with E-state index in [-0.39, 0.29) is 18.2 Å². The molecule has 4 nitrogen and oxygen atoms in total. The van der Waals surface area contributed by atoms with Crippen molar-refractivity contribution in [3.8, 4) is 0 Å². The van der Waals surface area contributed by atoms with Gasteiger partial charge in [0.1, 0.15) is 0 Å². The third kappa shape index (κ3) is 4.00. The fraction of sp³-hybridized carbons (Fsp3) is 0.500. The fourth-order valence-corrected chi connectivity index (χ4v) is 3.57. The predicted molar refractivity (Wildman–Crippen MR) is 86.0 cm³/mol. The molecule has 1 aromatic carbocycles. The molecule has 5 heteroatoms. The maximum Gasteiger partial charge on any atom is 0.304 e. The van der Waals surface area contributed by atoms with Crippen LogP contribution in [-0.2, 0) is 9.59 Å². The Hall–Kier alpha value is -1.49. The van der Waals surface area contributed by atoms with Crippen molar-refractivity contribution in [3.05, 3.63) is 29.8 Å². The number of hydrogen-bond acceptors (Lipinski definition) is 3. The maximum atomic E-state index is 12.4. The van der Waals surface area contributed by atoms with Gasteiger partial charge in [-0.2, -0.15) is 11.8 Å². The van der Waals surface area contributed by atoms with E-state index in [1.54, 1.807) is 16.7 Å². The van der Waals surface area contributed by atoms with Crippen molar-refractivity contribution in [1.82, 2.24) is 0 Å². The molecule has 0 saturated carbocycles. The third-order valence-corrected chi connectivity index (χ3v) is 4.69. The zero-order valence-corrected chi connectivity index (χ0v) is 13.1. The maximum absolute atomic E-state index is 12.4. The average Bonchev–Trinajstić information content (AvgIpc) is 2.82. The summed E-state index contributed by atoms with van der Waals surface area (Å²) in [6.45, 7) is 2.62. The van der Waals surface area contributed by atoms with Crippen molar-refractivity contribution in [2.45, 2.75) is 32.1 Å². The van der Waals surface area contributed by atoms with Crippen LogP contribution in [0, 0.1) is 0 Å². The molecule has 1 unspecified atom stereocenters.